The number of amides is 1. The summed E-state index contributed by atoms with van der Waals surface area (Å²) in [4.78, 5) is 12.3. The quantitative estimate of drug-likeness (QED) is 0.714. The minimum atomic E-state index is -3.32. The zero-order valence-electron chi connectivity index (χ0n) is 16.4. The monoisotopic (exact) mass is 388 g/mol. The number of aryl methyl sites for hydroxylation is 1. The molecule has 0 aliphatic carbocycles. The lowest BCUT2D eigenvalue weighted by molar-refractivity contribution is -0.115. The fraction of sp³-hybridized carbons (Fsp3) is 0.381. The molecule has 0 radical (unpaired) electrons. The highest BCUT2D eigenvalue weighted by molar-refractivity contribution is 7.92. The van der Waals surface area contributed by atoms with Gasteiger partial charge in [-0.1, -0.05) is 38.1 Å². The lowest BCUT2D eigenvalue weighted by Gasteiger charge is -2.12. The van der Waals surface area contributed by atoms with Gasteiger partial charge in [-0.25, -0.2) is 8.42 Å². The van der Waals surface area contributed by atoms with Crippen molar-refractivity contribution < 1.29 is 13.2 Å². The van der Waals surface area contributed by atoms with E-state index in [1.807, 2.05) is 12.1 Å². The number of benzene rings is 2. The molecule has 0 fully saturated rings. The molecular formula is C21H28N2O3S. The largest absolute Gasteiger partial charge is 0.326 e. The summed E-state index contributed by atoms with van der Waals surface area (Å²) in [7, 11) is -3.32. The Labute approximate surface area is 162 Å². The maximum Gasteiger partial charge on any atom is 0.232 e. The van der Waals surface area contributed by atoms with Crippen LogP contribution in [0.15, 0.2) is 42.5 Å². The smallest absolute Gasteiger partial charge is 0.232 e. The summed E-state index contributed by atoms with van der Waals surface area (Å²) in [5, 5.41) is 2.87. The molecule has 6 heteroatoms. The predicted octanol–water partition coefficient (Wildman–Crippen LogP) is 4.14. The van der Waals surface area contributed by atoms with Crippen molar-refractivity contribution in [1.82, 2.24) is 0 Å². The molecule has 2 rings (SSSR count). The van der Waals surface area contributed by atoms with E-state index in [4.69, 9.17) is 0 Å². The van der Waals surface area contributed by atoms with Crippen LogP contribution >= 0.6 is 0 Å². The van der Waals surface area contributed by atoms with Crippen molar-refractivity contribution in [1.29, 1.82) is 0 Å². The molecule has 0 spiro atoms. The van der Waals surface area contributed by atoms with Gasteiger partial charge >= 0.3 is 0 Å². The van der Waals surface area contributed by atoms with E-state index in [9.17, 15) is 13.2 Å². The van der Waals surface area contributed by atoms with Gasteiger partial charge in [-0.05, 0) is 61.1 Å². The van der Waals surface area contributed by atoms with E-state index in [0.717, 1.165) is 17.5 Å². The second kappa shape index (κ2) is 9.04. The van der Waals surface area contributed by atoms with Gasteiger partial charge in [-0.3, -0.25) is 9.52 Å². The van der Waals surface area contributed by atoms with Gasteiger partial charge in [0.2, 0.25) is 15.9 Å². The third kappa shape index (κ3) is 6.71. The molecule has 0 atom stereocenters. The SMILES string of the molecule is CCS(=O)(=O)Nc1ccc(NC(=O)Cc2ccc(CC(C)C)cc2)cc1C. The predicted molar refractivity (Wildman–Crippen MR) is 112 cm³/mol. The molecule has 0 saturated carbocycles. The van der Waals surface area contributed by atoms with Crippen LogP contribution in [0, 0.1) is 12.8 Å². The number of nitrogens with one attached hydrogen (secondary N) is 2. The van der Waals surface area contributed by atoms with E-state index < -0.39 is 10.0 Å². The number of carbonyl (C=O) groups is 1. The summed E-state index contributed by atoms with van der Waals surface area (Å²) in [6.45, 7) is 7.75. The maximum atomic E-state index is 12.3. The van der Waals surface area contributed by atoms with Crippen molar-refractivity contribution in [2.75, 3.05) is 15.8 Å². The first-order chi connectivity index (χ1) is 12.7. The highest BCUT2D eigenvalue weighted by atomic mass is 32.2. The van der Waals surface area contributed by atoms with Crippen LogP contribution in [0.3, 0.4) is 0 Å². The highest BCUT2D eigenvalue weighted by Gasteiger charge is 2.10. The molecule has 2 aromatic carbocycles. The zero-order chi connectivity index (χ0) is 20.0. The lowest BCUT2D eigenvalue weighted by atomic mass is 10.0. The Morgan fingerprint density at radius 2 is 1.67 bits per heavy atom. The van der Waals surface area contributed by atoms with Crippen LogP contribution in [0.4, 0.5) is 11.4 Å². The fourth-order valence-electron chi connectivity index (χ4n) is 2.75. The van der Waals surface area contributed by atoms with Crippen LogP contribution in [-0.4, -0.2) is 20.1 Å². The van der Waals surface area contributed by atoms with Gasteiger partial charge in [0.15, 0.2) is 0 Å². The molecule has 0 aliphatic heterocycles. The Morgan fingerprint density at radius 3 is 2.22 bits per heavy atom. The van der Waals surface area contributed by atoms with Crippen molar-refractivity contribution in [3.05, 3.63) is 59.2 Å². The van der Waals surface area contributed by atoms with Crippen molar-refractivity contribution in [2.45, 2.75) is 40.5 Å². The van der Waals surface area contributed by atoms with Gasteiger partial charge in [0.25, 0.3) is 0 Å². The molecule has 0 unspecified atom stereocenters. The minimum absolute atomic E-state index is 0.0148. The van der Waals surface area contributed by atoms with E-state index in [-0.39, 0.29) is 11.7 Å². The molecule has 0 saturated heterocycles. The maximum absolute atomic E-state index is 12.3. The lowest BCUT2D eigenvalue weighted by Crippen LogP contribution is -2.16. The van der Waals surface area contributed by atoms with Crippen LogP contribution < -0.4 is 10.0 Å². The molecule has 0 aromatic heterocycles. The summed E-state index contributed by atoms with van der Waals surface area (Å²) in [6.07, 6.45) is 1.32. The normalized spacial score (nSPS) is 11.4. The van der Waals surface area contributed by atoms with Gasteiger partial charge in [0.05, 0.1) is 17.9 Å². The second-order valence-corrected chi connectivity index (χ2v) is 9.19. The Hall–Kier alpha value is -2.34. The van der Waals surface area contributed by atoms with Crippen LogP contribution in [0.1, 0.15) is 37.5 Å². The summed E-state index contributed by atoms with van der Waals surface area (Å²) in [5.41, 5.74) is 4.16. The van der Waals surface area contributed by atoms with Crippen LogP contribution in [0.5, 0.6) is 0 Å². The third-order valence-electron chi connectivity index (χ3n) is 4.19. The molecule has 27 heavy (non-hydrogen) atoms. The van der Waals surface area contributed by atoms with Crippen LogP contribution in [0.2, 0.25) is 0 Å². The Balaban J connectivity index is 1.98. The van der Waals surface area contributed by atoms with Crippen LogP contribution in [-0.2, 0) is 27.7 Å². The average molecular weight is 389 g/mol. The summed E-state index contributed by atoms with van der Waals surface area (Å²) in [5.74, 6) is 0.515. The summed E-state index contributed by atoms with van der Waals surface area (Å²) < 4.78 is 25.9. The molecule has 0 bridgehead atoms. The van der Waals surface area contributed by atoms with Crippen LogP contribution in [0.25, 0.3) is 0 Å². The summed E-state index contributed by atoms with van der Waals surface area (Å²) >= 11 is 0. The highest BCUT2D eigenvalue weighted by Crippen LogP contribution is 2.21. The molecule has 0 heterocycles. The van der Waals surface area contributed by atoms with E-state index in [0.29, 0.717) is 23.7 Å². The zero-order valence-corrected chi connectivity index (χ0v) is 17.2. The van der Waals surface area contributed by atoms with Gasteiger partial charge < -0.3 is 5.32 Å². The Kier molecular flexibility index (Phi) is 7.02. The third-order valence-corrected chi connectivity index (χ3v) is 5.48. The molecule has 2 N–H and O–H groups in total. The molecule has 2 aromatic rings. The van der Waals surface area contributed by atoms with Crippen molar-refractivity contribution in [3.63, 3.8) is 0 Å². The second-order valence-electron chi connectivity index (χ2n) is 7.17. The van der Waals surface area contributed by atoms with Crippen molar-refractivity contribution in [3.8, 4) is 0 Å². The van der Waals surface area contributed by atoms with E-state index in [2.05, 4.69) is 36.0 Å². The average Bonchev–Trinajstić information content (AvgIpc) is 2.58. The summed E-state index contributed by atoms with van der Waals surface area (Å²) in [6, 6.07) is 13.2. The number of anilines is 2. The standard InChI is InChI=1S/C21H28N2O3S/c1-5-27(25,26)23-20-11-10-19(13-16(20)4)22-21(24)14-18-8-6-17(7-9-18)12-15(2)3/h6-11,13,15,23H,5,12,14H2,1-4H3,(H,22,24). The Morgan fingerprint density at radius 1 is 1.04 bits per heavy atom. The molecule has 1 amide bonds. The first-order valence-electron chi connectivity index (χ1n) is 9.17. The van der Waals surface area contributed by atoms with E-state index >= 15 is 0 Å². The van der Waals surface area contributed by atoms with Crippen molar-refractivity contribution >= 4 is 27.3 Å². The van der Waals surface area contributed by atoms with Gasteiger partial charge in [0, 0.05) is 5.69 Å². The molecule has 5 nitrogen and oxygen atoms in total. The number of hydrogen-bond acceptors (Lipinski definition) is 3. The molecular weight excluding hydrogens is 360 g/mol. The number of hydrogen-bond donors (Lipinski definition) is 2. The number of carbonyl (C=O) groups excluding carboxylic acids is 1. The van der Waals surface area contributed by atoms with Gasteiger partial charge in [0.1, 0.15) is 0 Å². The number of rotatable bonds is 8. The van der Waals surface area contributed by atoms with Gasteiger partial charge in [-0.15, -0.1) is 0 Å². The first-order valence-corrected chi connectivity index (χ1v) is 10.8. The minimum Gasteiger partial charge on any atom is -0.326 e. The van der Waals surface area contributed by atoms with Gasteiger partial charge in [-0.2, -0.15) is 0 Å². The Bertz CT molecular complexity index is 888. The van der Waals surface area contributed by atoms with E-state index in [1.165, 1.54) is 5.56 Å². The molecule has 0 aliphatic rings. The first kappa shape index (κ1) is 21.0. The van der Waals surface area contributed by atoms with Crippen molar-refractivity contribution in [2.24, 2.45) is 5.92 Å². The molecule has 146 valence electrons. The topological polar surface area (TPSA) is 75.3 Å². The van der Waals surface area contributed by atoms with E-state index in [1.54, 1.807) is 32.0 Å². The number of sulfonamides is 1. The fourth-order valence-corrected chi connectivity index (χ4v) is 3.46.